The zero-order valence-electron chi connectivity index (χ0n) is 24.9. The summed E-state index contributed by atoms with van der Waals surface area (Å²) in [7, 11) is -4.14. The van der Waals surface area contributed by atoms with Crippen LogP contribution in [0.25, 0.3) is 0 Å². The Morgan fingerprint density at radius 3 is 2.00 bits per heavy atom. The van der Waals surface area contributed by atoms with Gasteiger partial charge >= 0.3 is 0 Å². The van der Waals surface area contributed by atoms with Crippen molar-refractivity contribution in [3.63, 3.8) is 0 Å². The summed E-state index contributed by atoms with van der Waals surface area (Å²) in [5.74, 6) is -0.813. The number of carbonyl (C=O) groups is 2. The Morgan fingerprint density at radius 1 is 0.884 bits per heavy atom. The molecule has 3 aromatic rings. The van der Waals surface area contributed by atoms with Gasteiger partial charge in [0.1, 0.15) is 12.6 Å². The third-order valence-corrected chi connectivity index (χ3v) is 10.4. The van der Waals surface area contributed by atoms with Gasteiger partial charge in [-0.05, 0) is 69.5 Å². The van der Waals surface area contributed by atoms with Crippen LogP contribution in [-0.2, 0) is 26.2 Å². The van der Waals surface area contributed by atoms with Gasteiger partial charge in [0.2, 0.25) is 11.8 Å². The summed E-state index contributed by atoms with van der Waals surface area (Å²) >= 11 is 13.0. The molecule has 0 bridgehead atoms. The first-order valence-electron chi connectivity index (χ1n) is 14.7. The zero-order chi connectivity index (χ0) is 31.1. The number of sulfonamides is 1. The average Bonchev–Trinajstić information content (AvgIpc) is 2.98. The van der Waals surface area contributed by atoms with Crippen LogP contribution >= 0.6 is 23.2 Å². The van der Waals surface area contributed by atoms with E-state index in [0.717, 1.165) is 47.5 Å². The molecule has 7 nitrogen and oxygen atoms in total. The molecule has 43 heavy (non-hydrogen) atoms. The normalized spacial score (nSPS) is 14.6. The molecular formula is C33H39Cl2N3O4S. The number of nitrogens with zero attached hydrogens (tertiary/aromatic N) is 2. The number of amides is 2. The van der Waals surface area contributed by atoms with Gasteiger partial charge in [0.25, 0.3) is 10.0 Å². The minimum Gasteiger partial charge on any atom is -0.352 e. The van der Waals surface area contributed by atoms with E-state index in [2.05, 4.69) is 5.32 Å². The highest BCUT2D eigenvalue weighted by atomic mass is 35.5. The highest BCUT2D eigenvalue weighted by Gasteiger charge is 2.35. The first kappa shape index (κ1) is 32.8. The van der Waals surface area contributed by atoms with E-state index < -0.39 is 28.5 Å². The van der Waals surface area contributed by atoms with Gasteiger partial charge in [-0.1, -0.05) is 90.8 Å². The number of aryl methyl sites for hydroxylation is 2. The third kappa shape index (κ3) is 8.11. The molecule has 2 amide bonds. The molecule has 0 radical (unpaired) electrons. The molecule has 0 spiro atoms. The van der Waals surface area contributed by atoms with E-state index in [0.29, 0.717) is 27.7 Å². The smallest absolute Gasteiger partial charge is 0.264 e. The fourth-order valence-corrected chi connectivity index (χ4v) is 7.33. The minimum absolute atomic E-state index is 0.0436. The predicted molar refractivity (Wildman–Crippen MR) is 173 cm³/mol. The quantitative estimate of drug-likeness (QED) is 0.242. The zero-order valence-corrected chi connectivity index (χ0v) is 27.2. The molecule has 0 aromatic heterocycles. The number of benzene rings is 3. The number of rotatable bonds is 11. The Balaban J connectivity index is 1.73. The Kier molecular flexibility index (Phi) is 11.2. The van der Waals surface area contributed by atoms with Gasteiger partial charge in [0, 0.05) is 28.2 Å². The summed E-state index contributed by atoms with van der Waals surface area (Å²) in [6, 6.07) is 17.7. The number of carbonyl (C=O) groups excluding carboxylic acids is 2. The van der Waals surface area contributed by atoms with Crippen molar-refractivity contribution in [1.29, 1.82) is 0 Å². The maximum atomic E-state index is 14.3. The number of hydrogen-bond donors (Lipinski definition) is 1. The highest BCUT2D eigenvalue weighted by molar-refractivity contribution is 7.92. The second-order valence-electron chi connectivity index (χ2n) is 11.1. The molecule has 0 heterocycles. The van der Waals surface area contributed by atoms with E-state index in [1.807, 2.05) is 20.8 Å². The van der Waals surface area contributed by atoms with E-state index >= 15 is 0 Å². The van der Waals surface area contributed by atoms with Gasteiger partial charge in [-0.2, -0.15) is 0 Å². The molecule has 230 valence electrons. The third-order valence-electron chi connectivity index (χ3n) is 7.94. The summed E-state index contributed by atoms with van der Waals surface area (Å²) in [5, 5.41) is 3.86. The highest BCUT2D eigenvalue weighted by Crippen LogP contribution is 2.29. The lowest BCUT2D eigenvalue weighted by molar-refractivity contribution is -0.140. The monoisotopic (exact) mass is 643 g/mol. The average molecular weight is 645 g/mol. The molecule has 1 aliphatic carbocycles. The van der Waals surface area contributed by atoms with Crippen molar-refractivity contribution in [2.24, 2.45) is 0 Å². The summed E-state index contributed by atoms with van der Waals surface area (Å²) in [6.45, 7) is 5.04. The first-order chi connectivity index (χ1) is 20.5. The van der Waals surface area contributed by atoms with Crippen molar-refractivity contribution in [2.75, 3.05) is 10.8 Å². The molecule has 1 fully saturated rings. The largest absolute Gasteiger partial charge is 0.352 e. The second-order valence-corrected chi connectivity index (χ2v) is 13.8. The summed E-state index contributed by atoms with van der Waals surface area (Å²) in [5.41, 5.74) is 2.69. The molecule has 1 saturated carbocycles. The van der Waals surface area contributed by atoms with Crippen LogP contribution in [0.15, 0.2) is 71.6 Å². The molecule has 1 atom stereocenters. The van der Waals surface area contributed by atoms with Gasteiger partial charge in [0.15, 0.2) is 0 Å². The standard InChI is InChI=1S/C33H39Cl2N3O4S/c1-4-31(33(40)36-25-9-6-5-7-10-25)37(21-28-29(34)11-8-12-30(28)35)32(39)22-38(26-17-13-23(2)14-18-26)43(41,42)27-19-15-24(3)16-20-27/h8,11-20,25,31H,4-7,9-10,21-22H2,1-3H3,(H,36,40)/t31-/m0/s1. The molecular weight excluding hydrogens is 605 g/mol. The number of halogens is 2. The van der Waals surface area contributed by atoms with Gasteiger partial charge in [0.05, 0.1) is 10.6 Å². The van der Waals surface area contributed by atoms with Crippen molar-refractivity contribution < 1.29 is 18.0 Å². The first-order valence-corrected chi connectivity index (χ1v) is 16.9. The molecule has 10 heteroatoms. The van der Waals surface area contributed by atoms with Gasteiger partial charge in [-0.15, -0.1) is 0 Å². The maximum Gasteiger partial charge on any atom is 0.264 e. The molecule has 0 unspecified atom stereocenters. The molecule has 1 N–H and O–H groups in total. The molecule has 3 aromatic carbocycles. The van der Waals surface area contributed by atoms with Crippen LogP contribution in [0.5, 0.6) is 0 Å². The molecule has 0 saturated heterocycles. The lowest BCUT2D eigenvalue weighted by atomic mass is 9.95. The Labute approximate surface area is 265 Å². The Bertz CT molecular complexity index is 1500. The Hall–Kier alpha value is -3.07. The van der Waals surface area contributed by atoms with Gasteiger partial charge < -0.3 is 10.2 Å². The molecule has 0 aliphatic heterocycles. The van der Waals surface area contributed by atoms with E-state index in [1.165, 1.54) is 17.0 Å². The van der Waals surface area contributed by atoms with Crippen LogP contribution in [0.1, 0.15) is 62.1 Å². The predicted octanol–water partition coefficient (Wildman–Crippen LogP) is 7.06. The van der Waals surface area contributed by atoms with Crippen LogP contribution in [0, 0.1) is 13.8 Å². The number of nitrogens with one attached hydrogen (secondary N) is 1. The fourth-order valence-electron chi connectivity index (χ4n) is 5.39. The fraction of sp³-hybridized carbons (Fsp3) is 0.394. The minimum atomic E-state index is -4.14. The summed E-state index contributed by atoms with van der Waals surface area (Å²) in [4.78, 5) is 29.5. The number of hydrogen-bond acceptors (Lipinski definition) is 4. The topological polar surface area (TPSA) is 86.8 Å². The molecule has 1 aliphatic rings. The van der Waals surface area contributed by atoms with Crippen LogP contribution in [0.4, 0.5) is 5.69 Å². The van der Waals surface area contributed by atoms with Crippen molar-refractivity contribution in [3.05, 3.63) is 93.5 Å². The summed E-state index contributed by atoms with van der Waals surface area (Å²) < 4.78 is 29.2. The van der Waals surface area contributed by atoms with Crippen molar-refractivity contribution in [1.82, 2.24) is 10.2 Å². The summed E-state index contributed by atoms with van der Waals surface area (Å²) in [6.07, 6.45) is 5.33. The van der Waals surface area contributed by atoms with Crippen LogP contribution in [-0.4, -0.2) is 43.8 Å². The maximum absolute atomic E-state index is 14.3. The van der Waals surface area contributed by atoms with E-state index in [4.69, 9.17) is 23.2 Å². The van der Waals surface area contributed by atoms with E-state index in [-0.39, 0.29) is 23.4 Å². The van der Waals surface area contributed by atoms with Crippen molar-refractivity contribution >= 4 is 50.7 Å². The van der Waals surface area contributed by atoms with Crippen LogP contribution in [0.2, 0.25) is 10.0 Å². The van der Waals surface area contributed by atoms with Crippen LogP contribution in [0.3, 0.4) is 0 Å². The van der Waals surface area contributed by atoms with E-state index in [9.17, 15) is 18.0 Å². The van der Waals surface area contributed by atoms with Crippen molar-refractivity contribution in [3.8, 4) is 0 Å². The van der Waals surface area contributed by atoms with Gasteiger partial charge in [-0.25, -0.2) is 8.42 Å². The Morgan fingerprint density at radius 2 is 1.44 bits per heavy atom. The lowest BCUT2D eigenvalue weighted by Gasteiger charge is -2.34. The van der Waals surface area contributed by atoms with E-state index in [1.54, 1.807) is 54.6 Å². The lowest BCUT2D eigenvalue weighted by Crippen LogP contribution is -2.54. The SMILES string of the molecule is CC[C@@H](C(=O)NC1CCCCC1)N(Cc1c(Cl)cccc1Cl)C(=O)CN(c1ccc(C)cc1)S(=O)(=O)c1ccc(C)cc1. The van der Waals surface area contributed by atoms with Gasteiger partial charge in [-0.3, -0.25) is 13.9 Å². The molecule has 4 rings (SSSR count). The van der Waals surface area contributed by atoms with Crippen molar-refractivity contribution in [2.45, 2.75) is 82.8 Å². The second kappa shape index (κ2) is 14.6. The van der Waals surface area contributed by atoms with Crippen LogP contribution < -0.4 is 9.62 Å². The number of anilines is 1.